The highest BCUT2D eigenvalue weighted by Crippen LogP contribution is 2.58. The first-order chi connectivity index (χ1) is 16.3. The third kappa shape index (κ3) is 4.02. The summed E-state index contributed by atoms with van der Waals surface area (Å²) in [6.07, 6.45) is 0.674. The summed E-state index contributed by atoms with van der Waals surface area (Å²) >= 11 is 15.0. The van der Waals surface area contributed by atoms with E-state index in [1.807, 2.05) is 24.3 Å². The number of benzene rings is 3. The number of aromatic carboxylic acids is 1. The smallest absolute Gasteiger partial charge is 0.282 e. The van der Waals surface area contributed by atoms with Gasteiger partial charge in [0.05, 0.1) is 27.2 Å². The minimum absolute atomic E-state index is 0.00664. The maximum absolute atomic E-state index is 11.5. The maximum Gasteiger partial charge on any atom is 0.282 e. The van der Waals surface area contributed by atoms with Gasteiger partial charge in [0.1, 0.15) is 0 Å². The summed E-state index contributed by atoms with van der Waals surface area (Å²) in [5, 5.41) is 26.8. The van der Waals surface area contributed by atoms with E-state index in [0.717, 1.165) is 16.8 Å². The Bertz CT molecular complexity index is 1290. The zero-order valence-corrected chi connectivity index (χ0v) is 20.0. The molecule has 1 saturated carbocycles. The topological polar surface area (TPSA) is 95.3 Å². The van der Waals surface area contributed by atoms with Gasteiger partial charge in [0.15, 0.2) is 0 Å². The first kappa shape index (κ1) is 23.0. The molecular formula is C25H19Cl2N2O4S-. The highest BCUT2D eigenvalue weighted by Gasteiger charge is 2.50. The lowest BCUT2D eigenvalue weighted by molar-refractivity contribution is -0.387. The van der Waals surface area contributed by atoms with Gasteiger partial charge < -0.3 is 15.2 Å². The fourth-order valence-electron chi connectivity index (χ4n) is 5.15. The molecule has 0 bridgehead atoms. The minimum Gasteiger partial charge on any atom is -0.545 e. The number of halogens is 2. The Kier molecular flexibility index (Phi) is 6.18. The Morgan fingerprint density at radius 1 is 1.06 bits per heavy atom. The molecule has 5 unspecified atom stereocenters. The number of carboxylic acids is 1. The molecule has 1 aliphatic carbocycles. The molecule has 174 valence electrons. The molecule has 5 rings (SSSR count). The molecule has 0 spiro atoms. The molecule has 2 aliphatic rings. The van der Waals surface area contributed by atoms with Gasteiger partial charge in [0.25, 0.3) is 5.69 Å². The summed E-state index contributed by atoms with van der Waals surface area (Å²) in [4.78, 5) is 23.3. The Hall–Kier alpha value is -2.74. The lowest BCUT2D eigenvalue weighted by Crippen LogP contribution is -2.32. The van der Waals surface area contributed by atoms with E-state index in [9.17, 15) is 20.0 Å². The van der Waals surface area contributed by atoms with Gasteiger partial charge in [-0.15, -0.1) is 23.4 Å². The van der Waals surface area contributed by atoms with Crippen LogP contribution in [0.4, 0.5) is 11.4 Å². The quantitative estimate of drug-likeness (QED) is 0.269. The monoisotopic (exact) mass is 513 g/mol. The van der Waals surface area contributed by atoms with Crippen LogP contribution in [0.15, 0.2) is 71.6 Å². The second-order valence-electron chi connectivity index (χ2n) is 8.48. The van der Waals surface area contributed by atoms with E-state index < -0.39 is 5.97 Å². The van der Waals surface area contributed by atoms with Crippen LogP contribution in [0, 0.1) is 16.0 Å². The number of carbonyl (C=O) groups is 1. The summed E-state index contributed by atoms with van der Waals surface area (Å²) in [6, 6.07) is 19.0. The number of rotatable bonds is 5. The molecule has 1 heterocycles. The average molecular weight is 514 g/mol. The van der Waals surface area contributed by atoms with Gasteiger partial charge in [-0.3, -0.25) is 10.1 Å². The predicted octanol–water partition coefficient (Wildman–Crippen LogP) is 5.65. The van der Waals surface area contributed by atoms with Crippen molar-refractivity contribution in [2.45, 2.75) is 33.9 Å². The van der Waals surface area contributed by atoms with Crippen molar-refractivity contribution in [1.29, 1.82) is 0 Å². The molecule has 5 atom stereocenters. The lowest BCUT2D eigenvalue weighted by atomic mass is 9.77. The van der Waals surface area contributed by atoms with Crippen LogP contribution in [0.5, 0.6) is 0 Å². The fraction of sp³-hybridized carbons (Fsp3) is 0.240. The molecular weight excluding hydrogens is 495 g/mol. The van der Waals surface area contributed by atoms with Crippen molar-refractivity contribution in [2.24, 2.45) is 5.92 Å². The van der Waals surface area contributed by atoms with Gasteiger partial charge in [-0.05, 0) is 53.3 Å². The van der Waals surface area contributed by atoms with Crippen molar-refractivity contribution < 1.29 is 14.8 Å². The molecule has 34 heavy (non-hydrogen) atoms. The van der Waals surface area contributed by atoms with Gasteiger partial charge in [-0.2, -0.15) is 0 Å². The van der Waals surface area contributed by atoms with Crippen molar-refractivity contribution in [3.63, 3.8) is 0 Å². The van der Waals surface area contributed by atoms with Gasteiger partial charge in [0.2, 0.25) is 0 Å². The number of carbonyl (C=O) groups excluding carboxylic acids is 1. The number of nitrogens with one attached hydrogen (secondary N) is 1. The van der Waals surface area contributed by atoms with Crippen LogP contribution in [-0.4, -0.2) is 21.5 Å². The molecule has 0 amide bonds. The van der Waals surface area contributed by atoms with Crippen LogP contribution in [0.25, 0.3) is 0 Å². The molecule has 0 radical (unpaired) electrons. The minimum atomic E-state index is -1.25. The first-order valence-electron chi connectivity index (χ1n) is 10.8. The molecule has 6 nitrogen and oxygen atoms in total. The highest BCUT2D eigenvalue weighted by atomic mass is 35.5. The Morgan fingerprint density at radius 3 is 2.53 bits per heavy atom. The molecule has 9 heteroatoms. The Morgan fingerprint density at radius 2 is 1.79 bits per heavy atom. The number of thioether (sulfide) groups is 1. The lowest BCUT2D eigenvalue weighted by Gasteiger charge is -2.39. The van der Waals surface area contributed by atoms with E-state index in [4.69, 9.17) is 23.2 Å². The van der Waals surface area contributed by atoms with Gasteiger partial charge in [0, 0.05) is 27.9 Å². The SMILES string of the molecule is O=C([O-])c1ccc2c(c1)C1C(Cl)C(Sc3ccccc3[N+](=O)[O-])CC1C(c1ccccc1Cl)N2. The second kappa shape index (κ2) is 9.13. The number of alkyl halides is 1. The van der Waals surface area contributed by atoms with Crippen molar-refractivity contribution in [2.75, 3.05) is 5.32 Å². The van der Waals surface area contributed by atoms with E-state index in [1.54, 1.807) is 30.3 Å². The average Bonchev–Trinajstić information content (AvgIpc) is 3.15. The van der Waals surface area contributed by atoms with Crippen LogP contribution in [0.2, 0.25) is 5.02 Å². The van der Waals surface area contributed by atoms with Gasteiger partial charge in [-0.25, -0.2) is 0 Å². The summed E-state index contributed by atoms with van der Waals surface area (Å²) in [5.41, 5.74) is 2.70. The summed E-state index contributed by atoms with van der Waals surface area (Å²) < 4.78 is 0. The zero-order chi connectivity index (χ0) is 24.0. The van der Waals surface area contributed by atoms with Crippen molar-refractivity contribution >= 4 is 52.3 Å². The largest absolute Gasteiger partial charge is 0.545 e. The van der Waals surface area contributed by atoms with Crippen LogP contribution in [-0.2, 0) is 0 Å². The van der Waals surface area contributed by atoms with E-state index in [-0.39, 0.29) is 44.7 Å². The number of fused-ring (bicyclic) bond motifs is 3. The highest BCUT2D eigenvalue weighted by molar-refractivity contribution is 8.00. The van der Waals surface area contributed by atoms with Crippen molar-refractivity contribution in [3.05, 3.63) is 98.6 Å². The summed E-state index contributed by atoms with van der Waals surface area (Å²) in [5.74, 6) is -1.41. The fourth-order valence-corrected chi connectivity index (χ4v) is 7.35. The number of hydrogen-bond donors (Lipinski definition) is 1. The van der Waals surface area contributed by atoms with Crippen molar-refractivity contribution in [1.82, 2.24) is 0 Å². The van der Waals surface area contributed by atoms with Crippen molar-refractivity contribution in [3.8, 4) is 0 Å². The third-order valence-corrected chi connectivity index (χ3v) is 9.09. The Labute approximate surface area is 210 Å². The molecule has 3 aromatic carbocycles. The maximum atomic E-state index is 11.5. The van der Waals surface area contributed by atoms with Crippen LogP contribution in [0.3, 0.4) is 0 Å². The number of hydrogen-bond acceptors (Lipinski definition) is 6. The number of nitro benzene ring substituents is 1. The number of nitrogens with zero attached hydrogens (tertiary/aromatic N) is 1. The summed E-state index contributed by atoms with van der Waals surface area (Å²) in [6.45, 7) is 0. The van der Waals surface area contributed by atoms with Crippen LogP contribution in [0.1, 0.15) is 39.9 Å². The van der Waals surface area contributed by atoms with E-state index >= 15 is 0 Å². The molecule has 1 aliphatic heterocycles. The van der Waals surface area contributed by atoms with Gasteiger partial charge in [-0.1, -0.05) is 48.0 Å². The van der Waals surface area contributed by atoms with E-state index in [2.05, 4.69) is 5.32 Å². The normalized spacial score (nSPS) is 25.2. The predicted molar refractivity (Wildman–Crippen MR) is 132 cm³/mol. The second-order valence-corrected chi connectivity index (χ2v) is 10.7. The van der Waals surface area contributed by atoms with Gasteiger partial charge >= 0.3 is 0 Å². The molecule has 0 aromatic heterocycles. The zero-order valence-electron chi connectivity index (χ0n) is 17.7. The van der Waals surface area contributed by atoms with E-state index in [0.29, 0.717) is 16.3 Å². The van der Waals surface area contributed by atoms with Crippen LogP contribution >= 0.6 is 35.0 Å². The molecule has 0 saturated heterocycles. The third-order valence-electron chi connectivity index (χ3n) is 6.63. The number of carboxylic acid groups (broad SMARTS) is 1. The number of anilines is 1. The molecule has 3 aromatic rings. The van der Waals surface area contributed by atoms with E-state index in [1.165, 1.54) is 23.9 Å². The summed E-state index contributed by atoms with van der Waals surface area (Å²) in [7, 11) is 0. The first-order valence-corrected chi connectivity index (χ1v) is 12.4. The molecule has 1 fully saturated rings. The number of para-hydroxylation sites is 1. The Balaban J connectivity index is 1.57. The van der Waals surface area contributed by atoms with Crippen LogP contribution < -0.4 is 10.4 Å². The standard InChI is InChI=1S/C25H20Cl2N2O4S/c26-17-6-2-1-5-14(17)24-16-12-21(34-20-8-4-3-7-19(20)29(32)33)23(27)22(16)15-11-13(25(30)31)9-10-18(15)28-24/h1-11,16,21-24,28H,12H2,(H,30,31)/p-1. The number of nitro groups is 1. The molecule has 1 N–H and O–H groups in total.